The van der Waals surface area contributed by atoms with Crippen molar-refractivity contribution in [2.24, 2.45) is 10.7 Å². The zero-order chi connectivity index (χ0) is 17.8. The van der Waals surface area contributed by atoms with Crippen LogP contribution in [0, 0.1) is 0 Å². The lowest BCUT2D eigenvalue weighted by Gasteiger charge is -2.36. The number of rotatable bonds is 4. The fourth-order valence-electron chi connectivity index (χ4n) is 2.77. The van der Waals surface area contributed by atoms with E-state index >= 15 is 0 Å². The van der Waals surface area contributed by atoms with E-state index in [1.165, 1.54) is 5.69 Å². The number of hydrogen-bond acceptors (Lipinski definition) is 4. The largest absolute Gasteiger partial charge is 0.370 e. The van der Waals surface area contributed by atoms with Gasteiger partial charge in [0.05, 0.1) is 17.2 Å². The first-order chi connectivity index (χ1) is 12.0. The summed E-state index contributed by atoms with van der Waals surface area (Å²) in [6, 6.07) is 7.98. The Morgan fingerprint density at radius 3 is 2.46 bits per heavy atom. The second-order valence-electron chi connectivity index (χ2n) is 6.46. The van der Waals surface area contributed by atoms with E-state index in [4.69, 9.17) is 17.3 Å². The summed E-state index contributed by atoms with van der Waals surface area (Å²) in [7, 11) is 0. The number of aromatic nitrogens is 1. The standard InChI is InChI=1S/C18H24ClN5S.HI/c1-13(2)17-22-15(12-25-17)11-21-18(20)24-9-7-23(8-10-24)16-5-3-14(19)4-6-16;/h3-6,12-13H,7-11H2,1-2H3,(H2,20,21);1H. The van der Waals surface area contributed by atoms with E-state index in [1.807, 2.05) is 12.1 Å². The van der Waals surface area contributed by atoms with E-state index in [2.05, 4.69) is 51.1 Å². The first-order valence-corrected chi connectivity index (χ1v) is 9.78. The molecular weight excluding hydrogens is 481 g/mol. The lowest BCUT2D eigenvalue weighted by Crippen LogP contribution is -2.51. The number of guanidine groups is 1. The molecule has 1 aromatic heterocycles. The van der Waals surface area contributed by atoms with Gasteiger partial charge in [0, 0.05) is 48.2 Å². The normalized spacial score (nSPS) is 15.3. The highest BCUT2D eigenvalue weighted by Crippen LogP contribution is 2.20. The number of anilines is 1. The van der Waals surface area contributed by atoms with Gasteiger partial charge in [0.25, 0.3) is 0 Å². The third kappa shape index (κ3) is 5.47. The van der Waals surface area contributed by atoms with E-state index in [0.29, 0.717) is 18.4 Å². The molecule has 2 aromatic rings. The van der Waals surface area contributed by atoms with Gasteiger partial charge in [-0.25, -0.2) is 9.98 Å². The molecule has 8 heteroatoms. The highest BCUT2D eigenvalue weighted by Gasteiger charge is 2.18. The van der Waals surface area contributed by atoms with Crippen molar-refractivity contribution in [1.29, 1.82) is 0 Å². The highest BCUT2D eigenvalue weighted by atomic mass is 127. The molecule has 3 rings (SSSR count). The Bertz CT molecular complexity index is 723. The molecule has 5 nitrogen and oxygen atoms in total. The number of aliphatic imine (C=N–C) groups is 1. The molecule has 1 fully saturated rings. The minimum absolute atomic E-state index is 0. The minimum atomic E-state index is 0. The Labute approximate surface area is 181 Å². The van der Waals surface area contributed by atoms with Crippen LogP contribution >= 0.6 is 46.9 Å². The van der Waals surface area contributed by atoms with E-state index in [9.17, 15) is 0 Å². The molecule has 0 amide bonds. The zero-order valence-electron chi connectivity index (χ0n) is 15.1. The number of thiazole rings is 1. The van der Waals surface area contributed by atoms with Crippen LogP contribution in [0.25, 0.3) is 0 Å². The van der Waals surface area contributed by atoms with Crippen molar-refractivity contribution in [2.75, 3.05) is 31.1 Å². The van der Waals surface area contributed by atoms with Crippen LogP contribution in [0.5, 0.6) is 0 Å². The lowest BCUT2D eigenvalue weighted by molar-refractivity contribution is 0.380. The number of nitrogens with zero attached hydrogens (tertiary/aromatic N) is 4. The monoisotopic (exact) mass is 505 g/mol. The lowest BCUT2D eigenvalue weighted by atomic mass is 10.2. The summed E-state index contributed by atoms with van der Waals surface area (Å²) in [6.45, 7) is 8.43. The molecule has 0 aliphatic carbocycles. The Hall–Kier alpha value is -1.06. The maximum Gasteiger partial charge on any atom is 0.191 e. The molecule has 2 heterocycles. The van der Waals surface area contributed by atoms with Crippen molar-refractivity contribution in [3.05, 3.63) is 45.4 Å². The number of hydrogen-bond donors (Lipinski definition) is 1. The summed E-state index contributed by atoms with van der Waals surface area (Å²) >= 11 is 7.65. The SMILES string of the molecule is CC(C)c1nc(CN=C(N)N2CCN(c3ccc(Cl)cc3)CC2)cs1.I. The Morgan fingerprint density at radius 2 is 1.88 bits per heavy atom. The molecule has 0 atom stereocenters. The molecule has 1 aromatic carbocycles. The fraction of sp³-hybridized carbons (Fsp3) is 0.444. The molecule has 0 saturated carbocycles. The van der Waals surface area contributed by atoms with Crippen LogP contribution in [-0.4, -0.2) is 42.0 Å². The van der Waals surface area contributed by atoms with E-state index in [-0.39, 0.29) is 24.0 Å². The fourth-order valence-corrected chi connectivity index (χ4v) is 3.72. The summed E-state index contributed by atoms with van der Waals surface area (Å²) in [5.74, 6) is 1.07. The molecule has 0 radical (unpaired) electrons. The second-order valence-corrected chi connectivity index (χ2v) is 7.78. The van der Waals surface area contributed by atoms with E-state index < -0.39 is 0 Å². The van der Waals surface area contributed by atoms with Gasteiger partial charge in [0.2, 0.25) is 0 Å². The summed E-state index contributed by atoms with van der Waals surface area (Å²) in [5, 5.41) is 3.99. The Kier molecular flexibility index (Phi) is 7.97. The van der Waals surface area contributed by atoms with E-state index in [1.54, 1.807) is 11.3 Å². The topological polar surface area (TPSA) is 57.8 Å². The number of benzene rings is 1. The minimum Gasteiger partial charge on any atom is -0.370 e. The Balaban J connectivity index is 0.00000243. The van der Waals surface area contributed by atoms with Gasteiger partial charge in [0.1, 0.15) is 0 Å². The van der Waals surface area contributed by atoms with Crippen LogP contribution < -0.4 is 10.6 Å². The van der Waals surface area contributed by atoms with Gasteiger partial charge in [-0.1, -0.05) is 25.4 Å². The molecular formula is C18H25ClIN5S. The van der Waals surface area contributed by atoms with Crippen LogP contribution in [0.15, 0.2) is 34.6 Å². The van der Waals surface area contributed by atoms with Crippen LogP contribution in [-0.2, 0) is 6.54 Å². The molecule has 1 aliphatic heterocycles. The van der Waals surface area contributed by atoms with Crippen molar-refractivity contribution in [3.63, 3.8) is 0 Å². The highest BCUT2D eigenvalue weighted by molar-refractivity contribution is 14.0. The van der Waals surface area contributed by atoms with Crippen molar-refractivity contribution in [2.45, 2.75) is 26.3 Å². The van der Waals surface area contributed by atoms with Gasteiger partial charge in [0.15, 0.2) is 5.96 Å². The molecule has 26 heavy (non-hydrogen) atoms. The maximum atomic E-state index is 6.18. The molecule has 2 N–H and O–H groups in total. The molecule has 0 bridgehead atoms. The van der Waals surface area contributed by atoms with Crippen molar-refractivity contribution >= 4 is 58.6 Å². The maximum absolute atomic E-state index is 6.18. The number of nitrogens with two attached hydrogens (primary N) is 1. The number of halogens is 2. The third-order valence-corrected chi connectivity index (χ3v) is 5.71. The predicted octanol–water partition coefficient (Wildman–Crippen LogP) is 4.17. The Morgan fingerprint density at radius 1 is 1.23 bits per heavy atom. The van der Waals surface area contributed by atoms with Gasteiger partial charge in [-0.3, -0.25) is 0 Å². The van der Waals surface area contributed by atoms with Crippen molar-refractivity contribution in [3.8, 4) is 0 Å². The zero-order valence-corrected chi connectivity index (χ0v) is 19.0. The summed E-state index contributed by atoms with van der Waals surface area (Å²) in [5.41, 5.74) is 8.38. The smallest absolute Gasteiger partial charge is 0.191 e. The first kappa shape index (κ1) is 21.2. The van der Waals surface area contributed by atoms with Crippen LogP contribution in [0.4, 0.5) is 5.69 Å². The molecule has 0 spiro atoms. The predicted molar refractivity (Wildman–Crippen MR) is 122 cm³/mol. The van der Waals surface area contributed by atoms with E-state index in [0.717, 1.165) is 41.9 Å². The van der Waals surface area contributed by atoms with Gasteiger partial charge in [-0.2, -0.15) is 0 Å². The summed E-state index contributed by atoms with van der Waals surface area (Å²) in [4.78, 5) is 13.6. The summed E-state index contributed by atoms with van der Waals surface area (Å²) < 4.78 is 0. The molecule has 0 unspecified atom stereocenters. The molecule has 1 aliphatic rings. The van der Waals surface area contributed by atoms with Crippen molar-refractivity contribution in [1.82, 2.24) is 9.88 Å². The van der Waals surface area contributed by atoms with Crippen molar-refractivity contribution < 1.29 is 0 Å². The average molecular weight is 506 g/mol. The molecule has 1 saturated heterocycles. The van der Waals surface area contributed by atoms with Gasteiger partial charge in [-0.15, -0.1) is 35.3 Å². The molecule has 142 valence electrons. The third-order valence-electron chi connectivity index (χ3n) is 4.26. The second kappa shape index (κ2) is 9.75. The summed E-state index contributed by atoms with van der Waals surface area (Å²) in [6.07, 6.45) is 0. The van der Waals surface area contributed by atoms with Gasteiger partial charge < -0.3 is 15.5 Å². The van der Waals surface area contributed by atoms with Crippen LogP contribution in [0.2, 0.25) is 5.02 Å². The quantitative estimate of drug-likeness (QED) is 0.385. The van der Waals surface area contributed by atoms with Crippen LogP contribution in [0.3, 0.4) is 0 Å². The first-order valence-electron chi connectivity index (χ1n) is 8.52. The number of piperazine rings is 1. The van der Waals surface area contributed by atoms with Gasteiger partial charge >= 0.3 is 0 Å². The van der Waals surface area contributed by atoms with Crippen LogP contribution in [0.1, 0.15) is 30.5 Å². The average Bonchev–Trinajstić information content (AvgIpc) is 3.10. The van der Waals surface area contributed by atoms with Gasteiger partial charge in [-0.05, 0) is 24.3 Å².